The Hall–Kier alpha value is -0.0400. The molecule has 0 aromatic heterocycles. The Labute approximate surface area is 84.5 Å². The van der Waals surface area contributed by atoms with Crippen molar-refractivity contribution in [2.75, 3.05) is 20.1 Å². The summed E-state index contributed by atoms with van der Waals surface area (Å²) in [6, 6.07) is 0. The predicted octanol–water partition coefficient (Wildman–Crippen LogP) is 3.54. The zero-order chi connectivity index (χ0) is 10.3. The van der Waals surface area contributed by atoms with Crippen LogP contribution in [0.2, 0.25) is 0 Å². The summed E-state index contributed by atoms with van der Waals surface area (Å²) in [5, 5.41) is 0. The van der Waals surface area contributed by atoms with Gasteiger partial charge in [0.05, 0.1) is 0 Å². The summed E-state index contributed by atoms with van der Waals surface area (Å²) in [4.78, 5) is 2.48. The van der Waals surface area contributed by atoms with Gasteiger partial charge in [0.2, 0.25) is 0 Å². The van der Waals surface area contributed by atoms with Crippen LogP contribution in [0.3, 0.4) is 0 Å². The number of rotatable bonds is 0. The molecule has 1 nitrogen and oxygen atoms in total. The minimum absolute atomic E-state index is 0.826. The predicted molar refractivity (Wildman–Crippen MR) is 61.1 cm³/mol. The molecule has 1 saturated heterocycles. The van der Waals surface area contributed by atoms with Gasteiger partial charge in [0.25, 0.3) is 0 Å². The molecule has 0 aromatic carbocycles. The van der Waals surface area contributed by atoms with Crippen molar-refractivity contribution in [2.45, 2.75) is 53.4 Å². The number of nitrogens with zero attached hydrogens (tertiary/aromatic N) is 1. The van der Waals surface area contributed by atoms with Gasteiger partial charge in [0.1, 0.15) is 0 Å². The first kappa shape index (κ1) is 13.0. The van der Waals surface area contributed by atoms with Crippen LogP contribution >= 0.6 is 0 Å². The number of likely N-dealkylation sites (tertiary alicyclic amines) is 1. The van der Waals surface area contributed by atoms with Crippen LogP contribution in [-0.2, 0) is 0 Å². The highest BCUT2D eigenvalue weighted by atomic mass is 15.1. The Kier molecular flexibility index (Phi) is 6.40. The van der Waals surface area contributed by atoms with E-state index in [-0.39, 0.29) is 0 Å². The lowest BCUT2D eigenvalue weighted by Crippen LogP contribution is -2.32. The van der Waals surface area contributed by atoms with Gasteiger partial charge in [-0.25, -0.2) is 0 Å². The van der Waals surface area contributed by atoms with E-state index in [1.807, 2.05) is 27.7 Å². The quantitative estimate of drug-likeness (QED) is 0.558. The van der Waals surface area contributed by atoms with Crippen molar-refractivity contribution in [3.8, 4) is 0 Å². The summed E-state index contributed by atoms with van der Waals surface area (Å²) in [7, 11) is 2.25. The summed E-state index contributed by atoms with van der Waals surface area (Å²) in [5.74, 6) is 0. The van der Waals surface area contributed by atoms with Crippen molar-refractivity contribution in [1.82, 2.24) is 4.90 Å². The molecule has 1 saturated carbocycles. The van der Waals surface area contributed by atoms with Crippen LogP contribution in [0.5, 0.6) is 0 Å². The molecule has 0 atom stereocenters. The highest BCUT2D eigenvalue weighted by molar-refractivity contribution is 4.97. The molecule has 0 radical (unpaired) electrons. The Bertz CT molecular complexity index is 116. The van der Waals surface area contributed by atoms with Gasteiger partial charge in [0.15, 0.2) is 0 Å². The largest absolute Gasteiger partial charge is 0.306 e. The standard InChI is InChI=1S/C8H15N.2C2H6/c1-9-6-2-3-8(7-9)4-5-8;2*1-2/h2-7H2,1H3;2*1-2H3. The van der Waals surface area contributed by atoms with Crippen molar-refractivity contribution in [3.05, 3.63) is 0 Å². The SMILES string of the molecule is CC.CC.CN1CCCC2(CC2)C1. The second kappa shape index (κ2) is 6.42. The lowest BCUT2D eigenvalue weighted by atomic mass is 9.96. The minimum Gasteiger partial charge on any atom is -0.306 e. The third kappa shape index (κ3) is 4.12. The lowest BCUT2D eigenvalue weighted by Gasteiger charge is -2.29. The van der Waals surface area contributed by atoms with E-state index in [1.165, 1.54) is 38.8 Å². The molecule has 80 valence electrons. The molecule has 1 heteroatoms. The molecule has 1 spiro atoms. The third-order valence-electron chi connectivity index (χ3n) is 2.81. The number of hydrogen-bond acceptors (Lipinski definition) is 1. The molecule has 0 amide bonds. The zero-order valence-corrected chi connectivity index (χ0v) is 10.2. The van der Waals surface area contributed by atoms with E-state index in [2.05, 4.69) is 11.9 Å². The molecule has 0 N–H and O–H groups in total. The molecule has 2 fully saturated rings. The molecule has 1 aliphatic heterocycles. The summed E-state index contributed by atoms with van der Waals surface area (Å²) in [5.41, 5.74) is 0.826. The molecule has 13 heavy (non-hydrogen) atoms. The molecule has 2 rings (SSSR count). The van der Waals surface area contributed by atoms with E-state index in [0.717, 1.165) is 5.41 Å². The van der Waals surface area contributed by atoms with E-state index in [4.69, 9.17) is 0 Å². The van der Waals surface area contributed by atoms with E-state index >= 15 is 0 Å². The van der Waals surface area contributed by atoms with E-state index in [1.54, 1.807) is 0 Å². The summed E-state index contributed by atoms with van der Waals surface area (Å²) in [6.45, 7) is 10.7. The van der Waals surface area contributed by atoms with Crippen LogP contribution in [0.1, 0.15) is 53.4 Å². The normalized spacial score (nSPS) is 23.8. The first-order valence-electron chi connectivity index (χ1n) is 5.99. The van der Waals surface area contributed by atoms with Gasteiger partial charge in [-0.05, 0) is 44.7 Å². The highest BCUT2D eigenvalue weighted by Crippen LogP contribution is 2.51. The van der Waals surface area contributed by atoms with Crippen LogP contribution in [0.15, 0.2) is 0 Å². The van der Waals surface area contributed by atoms with Crippen LogP contribution in [0, 0.1) is 5.41 Å². The van der Waals surface area contributed by atoms with Crippen LogP contribution in [-0.4, -0.2) is 25.0 Å². The second-order valence-corrected chi connectivity index (χ2v) is 3.84. The maximum Gasteiger partial charge on any atom is 0.00349 e. The molecular weight excluding hydrogens is 158 g/mol. The van der Waals surface area contributed by atoms with Gasteiger partial charge in [-0.15, -0.1) is 0 Å². The van der Waals surface area contributed by atoms with E-state index in [9.17, 15) is 0 Å². The molecule has 0 bridgehead atoms. The Balaban J connectivity index is 0.000000322. The maximum absolute atomic E-state index is 2.48. The van der Waals surface area contributed by atoms with Gasteiger partial charge >= 0.3 is 0 Å². The molecule has 2 aliphatic rings. The van der Waals surface area contributed by atoms with E-state index < -0.39 is 0 Å². The molecule has 0 unspecified atom stereocenters. The van der Waals surface area contributed by atoms with Crippen LogP contribution < -0.4 is 0 Å². The monoisotopic (exact) mass is 185 g/mol. The fourth-order valence-corrected chi connectivity index (χ4v) is 2.04. The first-order chi connectivity index (χ1) is 6.31. The van der Waals surface area contributed by atoms with Crippen molar-refractivity contribution in [1.29, 1.82) is 0 Å². The smallest absolute Gasteiger partial charge is 0.00349 e. The summed E-state index contributed by atoms with van der Waals surface area (Å²) < 4.78 is 0. The Morgan fingerprint density at radius 3 is 1.77 bits per heavy atom. The second-order valence-electron chi connectivity index (χ2n) is 3.84. The van der Waals surface area contributed by atoms with Gasteiger partial charge in [-0.1, -0.05) is 27.7 Å². The van der Waals surface area contributed by atoms with Gasteiger partial charge in [-0.2, -0.15) is 0 Å². The molecule has 1 aliphatic carbocycles. The minimum atomic E-state index is 0.826. The topological polar surface area (TPSA) is 3.24 Å². The van der Waals surface area contributed by atoms with Crippen LogP contribution in [0.25, 0.3) is 0 Å². The first-order valence-corrected chi connectivity index (χ1v) is 5.99. The molecular formula is C12H27N. The van der Waals surface area contributed by atoms with E-state index in [0.29, 0.717) is 0 Å². The Morgan fingerprint density at radius 1 is 0.923 bits per heavy atom. The fourth-order valence-electron chi connectivity index (χ4n) is 2.04. The third-order valence-corrected chi connectivity index (χ3v) is 2.81. The maximum atomic E-state index is 2.48. The van der Waals surface area contributed by atoms with Crippen molar-refractivity contribution in [2.24, 2.45) is 5.41 Å². The van der Waals surface area contributed by atoms with Gasteiger partial charge in [-0.3, -0.25) is 0 Å². The van der Waals surface area contributed by atoms with Crippen LogP contribution in [0.4, 0.5) is 0 Å². The van der Waals surface area contributed by atoms with Gasteiger partial charge < -0.3 is 4.90 Å². The van der Waals surface area contributed by atoms with Crippen molar-refractivity contribution >= 4 is 0 Å². The summed E-state index contributed by atoms with van der Waals surface area (Å²) in [6.07, 6.45) is 5.97. The number of piperidine rings is 1. The van der Waals surface area contributed by atoms with Gasteiger partial charge in [0, 0.05) is 6.54 Å². The summed E-state index contributed by atoms with van der Waals surface area (Å²) >= 11 is 0. The highest BCUT2D eigenvalue weighted by Gasteiger charge is 2.44. The van der Waals surface area contributed by atoms with Crippen molar-refractivity contribution in [3.63, 3.8) is 0 Å². The lowest BCUT2D eigenvalue weighted by molar-refractivity contribution is 0.194. The average Bonchev–Trinajstić information content (AvgIpc) is 2.91. The average molecular weight is 185 g/mol. The fraction of sp³-hybridized carbons (Fsp3) is 1.00. The Morgan fingerprint density at radius 2 is 1.46 bits per heavy atom. The molecule has 0 aromatic rings. The zero-order valence-electron chi connectivity index (χ0n) is 10.2. The number of hydrogen-bond donors (Lipinski definition) is 0. The van der Waals surface area contributed by atoms with Crippen molar-refractivity contribution < 1.29 is 0 Å². The molecule has 1 heterocycles.